The zero-order chi connectivity index (χ0) is 20.1. The Labute approximate surface area is 168 Å². The molecule has 0 spiro atoms. The molecule has 0 bridgehead atoms. The zero-order valence-electron chi connectivity index (χ0n) is 16.2. The van der Waals surface area contributed by atoms with Crippen LogP contribution in [0, 0.1) is 0 Å². The number of hydrogen-bond donors (Lipinski definition) is 1. The van der Waals surface area contributed by atoms with Crippen LogP contribution < -0.4 is 5.73 Å². The number of fused-ring (bicyclic) bond motifs is 1. The van der Waals surface area contributed by atoms with E-state index in [1.807, 2.05) is 0 Å². The van der Waals surface area contributed by atoms with Crippen molar-refractivity contribution in [2.45, 2.75) is 63.5 Å². The minimum absolute atomic E-state index is 0.0403. The quantitative estimate of drug-likeness (QED) is 0.537. The second kappa shape index (κ2) is 6.95. The molecule has 3 heterocycles. The summed E-state index contributed by atoms with van der Waals surface area (Å²) in [7, 11) is -2.19. The van der Waals surface area contributed by atoms with Crippen molar-refractivity contribution in [2.24, 2.45) is 0 Å². The average Bonchev–Trinajstić information content (AvgIpc) is 3.05. The van der Waals surface area contributed by atoms with Gasteiger partial charge >= 0.3 is 0 Å². The maximum Gasteiger partial charge on any atom is 0.192 e. The number of halogens is 2. The first kappa shape index (κ1) is 20.4. The van der Waals surface area contributed by atoms with Gasteiger partial charge in [-0.2, -0.15) is 0 Å². The Morgan fingerprint density at radius 1 is 1.41 bits per heavy atom. The fraction of sp³-hybridized carbons (Fsp3) is 0.556. The first-order valence-corrected chi connectivity index (χ1v) is 12.5. The molecule has 0 amide bonds. The highest BCUT2D eigenvalue weighted by molar-refractivity contribution is 9.10. The molecule has 1 aliphatic heterocycles. The Kier molecular flexibility index (Phi) is 5.26. The third kappa shape index (κ3) is 3.46. The Morgan fingerprint density at radius 3 is 2.67 bits per heavy atom. The highest BCUT2D eigenvalue weighted by Crippen LogP contribution is 2.43. The second-order valence-electron chi connectivity index (χ2n) is 8.36. The summed E-state index contributed by atoms with van der Waals surface area (Å²) < 4.78 is 30.2. The monoisotopic (exact) mass is 456 g/mol. The lowest BCUT2D eigenvalue weighted by Crippen LogP contribution is -2.48. The summed E-state index contributed by atoms with van der Waals surface area (Å²) >= 11 is 3.45. The summed E-state index contributed by atoms with van der Waals surface area (Å²) in [5.74, 6) is 0.327. The van der Waals surface area contributed by atoms with E-state index >= 15 is 4.39 Å². The van der Waals surface area contributed by atoms with Crippen LogP contribution in [0.25, 0.3) is 11.0 Å². The van der Waals surface area contributed by atoms with E-state index in [-0.39, 0.29) is 5.04 Å². The van der Waals surface area contributed by atoms with Crippen LogP contribution in [0.15, 0.2) is 29.7 Å². The van der Waals surface area contributed by atoms with Gasteiger partial charge in [0.1, 0.15) is 30.0 Å². The summed E-state index contributed by atoms with van der Waals surface area (Å²) in [5.41, 5.74) is 6.46. The van der Waals surface area contributed by atoms with Crippen LogP contribution in [0.1, 0.15) is 27.0 Å². The van der Waals surface area contributed by atoms with Gasteiger partial charge in [0.15, 0.2) is 20.7 Å². The third-order valence-electron chi connectivity index (χ3n) is 5.54. The van der Waals surface area contributed by atoms with E-state index in [2.05, 4.69) is 66.3 Å². The van der Waals surface area contributed by atoms with Crippen molar-refractivity contribution in [3.63, 3.8) is 0 Å². The summed E-state index contributed by atoms with van der Waals surface area (Å²) in [5, 5.41) is 0.596. The van der Waals surface area contributed by atoms with E-state index in [1.54, 1.807) is 16.8 Å². The number of anilines is 1. The van der Waals surface area contributed by atoms with Gasteiger partial charge in [0.25, 0.3) is 0 Å². The molecule has 2 N–H and O–H groups in total. The van der Waals surface area contributed by atoms with Crippen molar-refractivity contribution in [3.05, 3.63) is 29.7 Å². The molecule has 6 nitrogen and oxygen atoms in total. The topological polar surface area (TPSA) is 75.2 Å². The van der Waals surface area contributed by atoms with Crippen molar-refractivity contribution in [2.75, 3.05) is 5.73 Å². The number of hydrogen-bond acceptors (Lipinski definition) is 5. The molecule has 0 radical (unpaired) electrons. The lowest BCUT2D eigenvalue weighted by Gasteiger charge is -2.39. The van der Waals surface area contributed by atoms with Gasteiger partial charge in [0.2, 0.25) is 0 Å². The fourth-order valence-electron chi connectivity index (χ4n) is 2.97. The summed E-state index contributed by atoms with van der Waals surface area (Å²) in [4.78, 5) is 8.27. The predicted molar refractivity (Wildman–Crippen MR) is 111 cm³/mol. The minimum atomic E-state index is -2.19. The molecular formula is C18H26BrFN4O2Si. The predicted octanol–water partition coefficient (Wildman–Crippen LogP) is 4.59. The Morgan fingerprint density at radius 2 is 2.07 bits per heavy atom. The van der Waals surface area contributed by atoms with Gasteiger partial charge < -0.3 is 19.5 Å². The van der Waals surface area contributed by atoms with Gasteiger partial charge in [-0.1, -0.05) is 26.8 Å². The van der Waals surface area contributed by atoms with Crippen molar-refractivity contribution < 1.29 is 13.6 Å². The number of aromatic nitrogens is 3. The van der Waals surface area contributed by atoms with Crippen LogP contribution in [0.5, 0.6) is 0 Å². The normalized spacial score (nSPS) is 26.6. The zero-order valence-corrected chi connectivity index (χ0v) is 18.8. The minimum Gasteiger partial charge on any atom is -0.408 e. The lowest BCUT2D eigenvalue weighted by molar-refractivity contribution is -0.000971. The molecule has 148 valence electrons. The number of nitrogens with zero attached hydrogens (tertiary/aromatic N) is 3. The van der Waals surface area contributed by atoms with Crippen molar-refractivity contribution in [1.82, 2.24) is 14.5 Å². The molecule has 3 rings (SSSR count). The van der Waals surface area contributed by atoms with Crippen LogP contribution in [-0.4, -0.2) is 41.2 Å². The molecule has 2 aromatic rings. The summed E-state index contributed by atoms with van der Waals surface area (Å²) in [6.07, 6.45) is 1.17. The number of nitrogen functional groups attached to an aromatic ring is 1. The molecule has 2 aromatic heterocycles. The fourth-order valence-corrected chi connectivity index (χ4v) is 4.87. The van der Waals surface area contributed by atoms with Crippen LogP contribution in [-0.2, 0) is 9.16 Å². The summed E-state index contributed by atoms with van der Waals surface area (Å²) in [6, 6.07) is 0. The van der Waals surface area contributed by atoms with Gasteiger partial charge in [-0.15, -0.1) is 6.58 Å². The van der Waals surface area contributed by atoms with Crippen LogP contribution in [0.4, 0.5) is 10.2 Å². The van der Waals surface area contributed by atoms with Crippen LogP contribution >= 0.6 is 15.9 Å². The molecule has 1 aliphatic rings. The Bertz CT molecular complexity index is 867. The lowest BCUT2D eigenvalue weighted by atomic mass is 10.1. The number of alkyl halides is 1. The highest BCUT2D eigenvalue weighted by Gasteiger charge is 2.50. The molecule has 0 aromatic carbocycles. The first-order valence-electron chi connectivity index (χ1n) is 8.84. The van der Waals surface area contributed by atoms with E-state index in [4.69, 9.17) is 14.9 Å². The van der Waals surface area contributed by atoms with E-state index in [1.165, 1.54) is 6.33 Å². The Hall–Kier alpha value is -1.29. The molecular weight excluding hydrogens is 431 g/mol. The van der Waals surface area contributed by atoms with E-state index < -0.39 is 32.9 Å². The summed E-state index contributed by atoms with van der Waals surface area (Å²) in [6.45, 7) is 14.4. The van der Waals surface area contributed by atoms with Crippen molar-refractivity contribution in [1.29, 1.82) is 0 Å². The van der Waals surface area contributed by atoms with Crippen LogP contribution in [0.3, 0.4) is 0 Å². The number of ether oxygens (including phenoxy) is 1. The largest absolute Gasteiger partial charge is 0.408 e. The molecule has 27 heavy (non-hydrogen) atoms. The number of nitrogens with two attached hydrogens (primary N) is 1. The van der Waals surface area contributed by atoms with Gasteiger partial charge in [-0.3, -0.25) is 0 Å². The maximum atomic E-state index is 15.5. The standard InChI is InChI=1S/C18H26BrFN4O2Si/c1-7-11-14(26-27(5,6)18(2,3)4)13(20)17(25-11)24-8-10(19)12-15(21)22-9-23-16(12)24/h7-9,11,13-14,17H,1H2,2-6H3,(H2,21,22,23)/t11-,13-,14-,17-/m1/s1. The molecule has 1 fully saturated rings. The highest BCUT2D eigenvalue weighted by atomic mass is 79.9. The van der Waals surface area contributed by atoms with Crippen molar-refractivity contribution in [3.8, 4) is 0 Å². The average molecular weight is 457 g/mol. The smallest absolute Gasteiger partial charge is 0.192 e. The first-order chi connectivity index (χ1) is 12.5. The Balaban J connectivity index is 1.98. The van der Waals surface area contributed by atoms with E-state index in [9.17, 15) is 0 Å². The van der Waals surface area contributed by atoms with E-state index in [0.717, 1.165) is 0 Å². The van der Waals surface area contributed by atoms with Gasteiger partial charge in [-0.05, 0) is 34.1 Å². The SMILES string of the molecule is C=C[C@H]1O[C@@H](n2cc(Br)c3c(N)ncnc32)[C@H](F)[C@@H]1O[Si](C)(C)C(C)(C)C. The molecule has 0 saturated carbocycles. The van der Waals surface area contributed by atoms with E-state index in [0.29, 0.717) is 21.3 Å². The molecule has 4 atom stereocenters. The third-order valence-corrected chi connectivity index (χ3v) is 10.6. The van der Waals surface area contributed by atoms with Gasteiger partial charge in [0.05, 0.1) is 5.39 Å². The van der Waals surface area contributed by atoms with Gasteiger partial charge in [0, 0.05) is 10.7 Å². The molecule has 0 unspecified atom stereocenters. The maximum absolute atomic E-state index is 15.5. The van der Waals surface area contributed by atoms with Gasteiger partial charge in [-0.25, -0.2) is 14.4 Å². The van der Waals surface area contributed by atoms with Crippen LogP contribution in [0.2, 0.25) is 18.1 Å². The molecule has 1 saturated heterocycles. The molecule has 0 aliphatic carbocycles. The number of rotatable bonds is 4. The second-order valence-corrected chi connectivity index (χ2v) is 14.0. The van der Waals surface area contributed by atoms with Crippen molar-refractivity contribution >= 4 is 41.1 Å². The molecule has 9 heteroatoms.